The Morgan fingerprint density at radius 1 is 0.640 bits per heavy atom. The van der Waals surface area contributed by atoms with Gasteiger partial charge < -0.3 is 0 Å². The molecule has 0 aromatic rings. The van der Waals surface area contributed by atoms with E-state index in [1.54, 1.807) is 0 Å². The molecule has 0 aliphatic heterocycles. The van der Waals surface area contributed by atoms with Gasteiger partial charge in [-0.25, -0.2) is 0 Å². The van der Waals surface area contributed by atoms with E-state index in [1.165, 1.54) is 103 Å². The normalized spacial score (nSPS) is 26.0. The molecule has 0 atom stereocenters. The Kier molecular flexibility index (Phi) is 7.79. The zero-order chi connectivity index (χ0) is 17.8. The second-order valence-electron chi connectivity index (χ2n) is 8.71. The van der Waals surface area contributed by atoms with Gasteiger partial charge in [0, 0.05) is 0 Å². The SMILES string of the molecule is C[O][Zr]([OH])([OH])[O][Si](C1CCCCC1)(C1CCCCC1)C1CCCCC1. The van der Waals surface area contributed by atoms with Gasteiger partial charge in [-0.05, 0) is 0 Å². The molecule has 0 amide bonds. The number of rotatable bonds is 6. The summed E-state index contributed by atoms with van der Waals surface area (Å²) in [5.41, 5.74) is 1.87. The molecule has 0 bridgehead atoms. The standard InChI is InChI=1S/C18H33OSi.CH3O.2H2O.Zr/c19-20(16-10-4-1-5-11-16,17-12-6-2-7-13-17)18-14-8-3-9-15-18;1-2;;;/h16-18H,1-15H2;1H3;2*1H2;/q2*-1;;;+4/p-2. The van der Waals surface area contributed by atoms with E-state index in [0.29, 0.717) is 16.6 Å². The molecule has 6 heteroatoms. The van der Waals surface area contributed by atoms with Crippen molar-refractivity contribution in [3.63, 3.8) is 0 Å². The Bertz CT molecular complexity index is 357. The predicted molar refractivity (Wildman–Crippen MR) is 98.8 cm³/mol. The van der Waals surface area contributed by atoms with Crippen molar-refractivity contribution in [2.24, 2.45) is 0 Å². The molecule has 3 fully saturated rings. The van der Waals surface area contributed by atoms with Crippen LogP contribution in [-0.2, 0) is 27.3 Å². The first-order valence-electron chi connectivity index (χ1n) is 10.8. The van der Waals surface area contributed by atoms with Gasteiger partial charge in [0.1, 0.15) is 0 Å². The molecule has 25 heavy (non-hydrogen) atoms. The van der Waals surface area contributed by atoms with Crippen molar-refractivity contribution in [1.82, 2.24) is 0 Å². The van der Waals surface area contributed by atoms with E-state index < -0.39 is 30.3 Å². The fraction of sp³-hybridized carbons (Fsp3) is 1.00. The molecule has 0 aromatic heterocycles. The van der Waals surface area contributed by atoms with E-state index in [9.17, 15) is 6.37 Å². The van der Waals surface area contributed by atoms with Crippen molar-refractivity contribution < 1.29 is 33.7 Å². The average molecular weight is 450 g/mol. The summed E-state index contributed by atoms with van der Waals surface area (Å²) in [5.74, 6) is 0. The Labute approximate surface area is 161 Å². The second kappa shape index (κ2) is 9.43. The molecule has 0 unspecified atom stereocenters. The third-order valence-corrected chi connectivity index (χ3v) is 19.4. The topological polar surface area (TPSA) is 58.9 Å². The van der Waals surface area contributed by atoms with Gasteiger partial charge >= 0.3 is 162 Å². The van der Waals surface area contributed by atoms with E-state index in [2.05, 4.69) is 0 Å². The van der Waals surface area contributed by atoms with Crippen LogP contribution in [0.2, 0.25) is 16.6 Å². The molecule has 4 nitrogen and oxygen atoms in total. The summed E-state index contributed by atoms with van der Waals surface area (Å²) in [4.78, 5) is 0. The van der Waals surface area contributed by atoms with Gasteiger partial charge in [-0.3, -0.25) is 0 Å². The van der Waals surface area contributed by atoms with E-state index in [-0.39, 0.29) is 0 Å². The molecule has 3 aliphatic rings. The summed E-state index contributed by atoms with van der Waals surface area (Å²) in [5, 5.41) is 0. The molecule has 146 valence electrons. The van der Waals surface area contributed by atoms with Crippen LogP contribution in [0.4, 0.5) is 0 Å². The van der Waals surface area contributed by atoms with Gasteiger partial charge in [0.2, 0.25) is 0 Å². The van der Waals surface area contributed by atoms with Crippen LogP contribution in [0.5, 0.6) is 0 Å². The minimum absolute atomic E-state index is 0.623. The van der Waals surface area contributed by atoms with Crippen LogP contribution in [-0.4, -0.2) is 21.8 Å². The summed E-state index contributed by atoms with van der Waals surface area (Å²) < 4.78 is 33.0. The second-order valence-corrected chi connectivity index (χ2v) is 18.3. The van der Waals surface area contributed by atoms with Crippen LogP contribution in [0.3, 0.4) is 0 Å². The molecule has 3 rings (SSSR count). The Morgan fingerprint density at radius 3 is 1.24 bits per heavy atom. The van der Waals surface area contributed by atoms with Crippen LogP contribution < -0.4 is 0 Å². The average Bonchev–Trinajstić information content (AvgIpc) is 2.68. The van der Waals surface area contributed by atoms with Crippen LogP contribution in [0.25, 0.3) is 0 Å². The quantitative estimate of drug-likeness (QED) is 0.533. The predicted octanol–water partition coefficient (Wildman–Crippen LogP) is 5.40. The van der Waals surface area contributed by atoms with Gasteiger partial charge in [-0.1, -0.05) is 0 Å². The van der Waals surface area contributed by atoms with Crippen LogP contribution in [0.15, 0.2) is 0 Å². The summed E-state index contributed by atoms with van der Waals surface area (Å²) in [7, 11) is -0.839. The summed E-state index contributed by atoms with van der Waals surface area (Å²) in [6.45, 7) is 0. The van der Waals surface area contributed by atoms with E-state index >= 15 is 0 Å². The van der Waals surface area contributed by atoms with Crippen molar-refractivity contribution >= 4 is 8.32 Å². The summed E-state index contributed by atoms with van der Waals surface area (Å²) >= 11 is -4.82. The minimum atomic E-state index is -4.82. The van der Waals surface area contributed by atoms with Crippen molar-refractivity contribution in [2.75, 3.05) is 7.11 Å². The van der Waals surface area contributed by atoms with Crippen molar-refractivity contribution in [2.45, 2.75) is 113 Å². The number of hydrogen-bond donors (Lipinski definition) is 2. The van der Waals surface area contributed by atoms with E-state index in [0.717, 1.165) is 0 Å². The van der Waals surface area contributed by atoms with Gasteiger partial charge in [0.15, 0.2) is 0 Å². The first kappa shape index (κ1) is 20.7. The van der Waals surface area contributed by atoms with Gasteiger partial charge in [-0.15, -0.1) is 0 Å². The maximum atomic E-state index is 10.6. The molecule has 0 spiro atoms. The Hall–Kier alpha value is 0.940. The van der Waals surface area contributed by atoms with Crippen LogP contribution >= 0.6 is 0 Å². The Balaban J connectivity index is 1.96. The summed E-state index contributed by atoms with van der Waals surface area (Å²) in [6, 6.07) is 0. The third-order valence-electron chi connectivity index (χ3n) is 7.31. The molecule has 3 aliphatic carbocycles. The molecular formula is C19H38O4SiZr. The van der Waals surface area contributed by atoms with Gasteiger partial charge in [0.05, 0.1) is 0 Å². The molecule has 0 heterocycles. The maximum absolute atomic E-state index is 10.6. The fourth-order valence-electron chi connectivity index (χ4n) is 6.18. The molecule has 0 aromatic carbocycles. The monoisotopic (exact) mass is 448 g/mol. The first-order chi connectivity index (χ1) is 12.1. The third kappa shape index (κ3) is 4.86. The zero-order valence-corrected chi connectivity index (χ0v) is 19.5. The number of hydrogen-bond acceptors (Lipinski definition) is 4. The van der Waals surface area contributed by atoms with E-state index in [1.807, 2.05) is 0 Å². The Morgan fingerprint density at radius 2 is 0.960 bits per heavy atom. The molecule has 2 N–H and O–H groups in total. The van der Waals surface area contributed by atoms with Crippen molar-refractivity contribution in [3.05, 3.63) is 0 Å². The fourth-order valence-corrected chi connectivity index (χ4v) is 20.9. The van der Waals surface area contributed by atoms with Crippen LogP contribution in [0.1, 0.15) is 96.3 Å². The van der Waals surface area contributed by atoms with Crippen molar-refractivity contribution in [3.8, 4) is 0 Å². The molecular weight excluding hydrogens is 412 g/mol. The van der Waals surface area contributed by atoms with Crippen LogP contribution in [0, 0.1) is 0 Å². The first-order valence-corrected chi connectivity index (χ1v) is 17.1. The van der Waals surface area contributed by atoms with Crippen molar-refractivity contribution in [1.29, 1.82) is 0 Å². The molecule has 3 saturated carbocycles. The zero-order valence-electron chi connectivity index (χ0n) is 16.0. The van der Waals surface area contributed by atoms with E-state index in [4.69, 9.17) is 5.32 Å². The summed E-state index contributed by atoms with van der Waals surface area (Å²) in [6.07, 6.45) is 19.4. The van der Waals surface area contributed by atoms with Gasteiger partial charge in [-0.2, -0.15) is 0 Å². The molecule has 0 saturated heterocycles. The molecule has 0 radical (unpaired) electrons. The van der Waals surface area contributed by atoms with Gasteiger partial charge in [0.25, 0.3) is 0 Å².